The van der Waals surface area contributed by atoms with Crippen LogP contribution in [0.1, 0.15) is 5.56 Å². The third-order valence-corrected chi connectivity index (χ3v) is 4.20. The van der Waals surface area contributed by atoms with Gasteiger partial charge in [0.05, 0.1) is 6.20 Å². The van der Waals surface area contributed by atoms with Crippen LogP contribution in [-0.4, -0.2) is 15.4 Å². The van der Waals surface area contributed by atoms with Crippen molar-refractivity contribution >= 4 is 23.1 Å². The lowest BCUT2D eigenvalue weighted by Gasteiger charge is -2.10. The zero-order chi connectivity index (χ0) is 20.1. The number of hydrogen-bond donors (Lipinski definition) is 2. The van der Waals surface area contributed by atoms with Gasteiger partial charge in [0, 0.05) is 18.0 Å². The molecule has 0 bridgehead atoms. The summed E-state index contributed by atoms with van der Waals surface area (Å²) in [6.07, 6.45) is 2.94. The fourth-order valence-electron chi connectivity index (χ4n) is 2.80. The van der Waals surface area contributed by atoms with Crippen LogP contribution in [0.3, 0.4) is 0 Å². The highest BCUT2D eigenvalue weighted by Gasteiger charge is 2.09. The van der Waals surface area contributed by atoms with E-state index in [0.717, 1.165) is 5.56 Å². The molecule has 2 aromatic carbocycles. The number of anilines is 2. The standard InChI is InChI=1S/C22H18N4O3/c27-21-19(14-23-20-11-4-5-12-26(20)21)25-22(28)24-17-9-6-10-18(13-17)29-15-16-7-2-1-3-8-16/h1-14H,15H2,(H2,24,25,28). The molecule has 0 aliphatic rings. The minimum absolute atomic E-state index is 0.0858. The number of carbonyl (C=O) groups is 1. The Kier molecular flexibility index (Phi) is 5.20. The van der Waals surface area contributed by atoms with E-state index < -0.39 is 6.03 Å². The van der Waals surface area contributed by atoms with Crippen molar-refractivity contribution in [2.24, 2.45) is 0 Å². The van der Waals surface area contributed by atoms with Crippen molar-refractivity contribution in [1.29, 1.82) is 0 Å². The van der Waals surface area contributed by atoms with Gasteiger partial charge in [0.1, 0.15) is 23.7 Å². The summed E-state index contributed by atoms with van der Waals surface area (Å²) in [5.41, 5.74) is 1.83. The van der Waals surface area contributed by atoms with E-state index in [-0.39, 0.29) is 11.2 Å². The van der Waals surface area contributed by atoms with Crippen molar-refractivity contribution in [3.05, 3.63) is 101 Å². The molecule has 0 unspecified atom stereocenters. The van der Waals surface area contributed by atoms with E-state index in [1.54, 1.807) is 42.6 Å². The van der Waals surface area contributed by atoms with Gasteiger partial charge in [-0.05, 0) is 29.8 Å². The predicted octanol–water partition coefficient (Wildman–Crippen LogP) is 3.92. The highest BCUT2D eigenvalue weighted by molar-refractivity contribution is 5.99. The third kappa shape index (κ3) is 4.41. The first-order valence-corrected chi connectivity index (χ1v) is 9.00. The van der Waals surface area contributed by atoms with Gasteiger partial charge < -0.3 is 15.4 Å². The molecule has 7 nitrogen and oxygen atoms in total. The quantitative estimate of drug-likeness (QED) is 0.544. The minimum Gasteiger partial charge on any atom is -0.489 e. The monoisotopic (exact) mass is 386 g/mol. The normalized spacial score (nSPS) is 10.5. The van der Waals surface area contributed by atoms with Gasteiger partial charge in [-0.2, -0.15) is 0 Å². The van der Waals surface area contributed by atoms with Gasteiger partial charge in [-0.25, -0.2) is 9.78 Å². The number of amides is 2. The molecule has 2 heterocycles. The van der Waals surface area contributed by atoms with Gasteiger partial charge in [-0.3, -0.25) is 9.20 Å². The Morgan fingerprint density at radius 2 is 1.79 bits per heavy atom. The summed E-state index contributed by atoms with van der Waals surface area (Å²) in [6.45, 7) is 0.427. The highest BCUT2D eigenvalue weighted by Crippen LogP contribution is 2.19. The summed E-state index contributed by atoms with van der Waals surface area (Å²) < 4.78 is 7.13. The van der Waals surface area contributed by atoms with Crippen LogP contribution in [0.5, 0.6) is 5.75 Å². The maximum Gasteiger partial charge on any atom is 0.323 e. The van der Waals surface area contributed by atoms with Crippen molar-refractivity contribution < 1.29 is 9.53 Å². The summed E-state index contributed by atoms with van der Waals surface area (Å²) in [5, 5.41) is 5.24. The number of pyridine rings is 1. The fourth-order valence-corrected chi connectivity index (χ4v) is 2.80. The van der Waals surface area contributed by atoms with Crippen molar-refractivity contribution in [2.45, 2.75) is 6.61 Å². The SMILES string of the molecule is O=C(Nc1cccc(OCc2ccccc2)c1)Nc1cnc2ccccn2c1=O. The number of nitrogens with one attached hydrogen (secondary N) is 2. The fraction of sp³-hybridized carbons (Fsp3) is 0.0455. The topological polar surface area (TPSA) is 84.7 Å². The van der Waals surface area contributed by atoms with Crippen LogP contribution in [0.2, 0.25) is 0 Å². The Morgan fingerprint density at radius 3 is 2.66 bits per heavy atom. The lowest BCUT2D eigenvalue weighted by Crippen LogP contribution is -2.26. The summed E-state index contributed by atoms with van der Waals surface area (Å²) in [4.78, 5) is 28.9. The first kappa shape index (κ1) is 18.2. The van der Waals surface area contributed by atoms with Crippen LogP contribution in [0.15, 0.2) is 90.0 Å². The Hall–Kier alpha value is -4.13. The van der Waals surface area contributed by atoms with E-state index in [9.17, 15) is 9.59 Å². The first-order chi connectivity index (χ1) is 14.2. The zero-order valence-corrected chi connectivity index (χ0v) is 15.4. The van der Waals surface area contributed by atoms with Crippen LogP contribution >= 0.6 is 0 Å². The highest BCUT2D eigenvalue weighted by atomic mass is 16.5. The molecule has 144 valence electrons. The van der Waals surface area contributed by atoms with Gasteiger partial charge in [-0.15, -0.1) is 0 Å². The molecular weight excluding hydrogens is 368 g/mol. The predicted molar refractivity (Wildman–Crippen MR) is 111 cm³/mol. The average molecular weight is 386 g/mol. The largest absolute Gasteiger partial charge is 0.489 e. The van der Waals surface area contributed by atoms with E-state index in [1.165, 1.54) is 10.6 Å². The maximum absolute atomic E-state index is 12.5. The Bertz CT molecular complexity index is 1210. The van der Waals surface area contributed by atoms with Crippen LogP contribution in [0.4, 0.5) is 16.2 Å². The number of nitrogens with zero attached hydrogens (tertiary/aromatic N) is 2. The van der Waals surface area contributed by atoms with Gasteiger partial charge in [0.15, 0.2) is 0 Å². The zero-order valence-electron chi connectivity index (χ0n) is 15.4. The number of carbonyl (C=O) groups excluding carboxylic acids is 1. The second kappa shape index (κ2) is 8.26. The van der Waals surface area contributed by atoms with E-state index in [1.807, 2.05) is 36.4 Å². The number of hydrogen-bond acceptors (Lipinski definition) is 4. The first-order valence-electron chi connectivity index (χ1n) is 9.00. The molecule has 29 heavy (non-hydrogen) atoms. The Balaban J connectivity index is 1.42. The van der Waals surface area contributed by atoms with E-state index in [0.29, 0.717) is 23.7 Å². The molecule has 4 aromatic rings. The molecule has 2 N–H and O–H groups in total. The molecule has 0 aliphatic heterocycles. The number of ether oxygens (including phenoxy) is 1. The smallest absolute Gasteiger partial charge is 0.323 e. The summed E-state index contributed by atoms with van der Waals surface area (Å²) in [7, 11) is 0. The number of aromatic nitrogens is 2. The molecule has 0 fully saturated rings. The molecule has 2 aromatic heterocycles. The van der Waals surface area contributed by atoms with Gasteiger partial charge in [-0.1, -0.05) is 42.5 Å². The molecule has 2 amide bonds. The molecule has 0 spiro atoms. The number of urea groups is 1. The molecule has 7 heteroatoms. The van der Waals surface area contributed by atoms with Gasteiger partial charge in [0.2, 0.25) is 0 Å². The Labute approximate surface area is 166 Å². The summed E-state index contributed by atoms with van der Waals surface area (Å²) in [5.74, 6) is 0.624. The molecule has 0 aliphatic carbocycles. The molecule has 0 saturated carbocycles. The maximum atomic E-state index is 12.5. The summed E-state index contributed by atoms with van der Waals surface area (Å²) in [6, 6.07) is 21.5. The third-order valence-electron chi connectivity index (χ3n) is 4.20. The van der Waals surface area contributed by atoms with Gasteiger partial charge >= 0.3 is 6.03 Å². The lowest BCUT2D eigenvalue weighted by atomic mass is 10.2. The number of benzene rings is 2. The van der Waals surface area contributed by atoms with Crippen LogP contribution < -0.4 is 20.9 Å². The van der Waals surface area contributed by atoms with Crippen molar-refractivity contribution in [2.75, 3.05) is 10.6 Å². The molecule has 0 atom stereocenters. The van der Waals surface area contributed by atoms with E-state index in [4.69, 9.17) is 4.74 Å². The van der Waals surface area contributed by atoms with Crippen LogP contribution in [0, 0.1) is 0 Å². The molecular formula is C22H18N4O3. The Morgan fingerprint density at radius 1 is 0.966 bits per heavy atom. The molecule has 0 saturated heterocycles. The summed E-state index contributed by atoms with van der Waals surface area (Å²) >= 11 is 0. The number of rotatable bonds is 5. The van der Waals surface area contributed by atoms with Crippen molar-refractivity contribution in [3.63, 3.8) is 0 Å². The number of fused-ring (bicyclic) bond motifs is 1. The van der Waals surface area contributed by atoms with Crippen molar-refractivity contribution in [1.82, 2.24) is 9.38 Å². The second-order valence-corrected chi connectivity index (χ2v) is 6.29. The molecule has 4 rings (SSSR count). The average Bonchev–Trinajstić information content (AvgIpc) is 2.75. The van der Waals surface area contributed by atoms with Crippen molar-refractivity contribution in [3.8, 4) is 5.75 Å². The lowest BCUT2D eigenvalue weighted by molar-refractivity contribution is 0.262. The van der Waals surface area contributed by atoms with Crippen LogP contribution in [-0.2, 0) is 6.61 Å². The van der Waals surface area contributed by atoms with E-state index >= 15 is 0 Å². The molecule has 0 radical (unpaired) electrons. The van der Waals surface area contributed by atoms with E-state index in [2.05, 4.69) is 15.6 Å². The van der Waals surface area contributed by atoms with Crippen LogP contribution in [0.25, 0.3) is 5.65 Å². The van der Waals surface area contributed by atoms with Gasteiger partial charge in [0.25, 0.3) is 5.56 Å². The minimum atomic E-state index is -0.542. The second-order valence-electron chi connectivity index (χ2n) is 6.29.